The molecule has 2 amide bonds. The van der Waals surface area contributed by atoms with Crippen molar-refractivity contribution in [2.75, 3.05) is 5.32 Å². The van der Waals surface area contributed by atoms with Crippen molar-refractivity contribution in [3.63, 3.8) is 0 Å². The van der Waals surface area contributed by atoms with E-state index in [2.05, 4.69) is 20.7 Å². The van der Waals surface area contributed by atoms with Crippen LogP contribution < -0.4 is 10.6 Å². The van der Waals surface area contributed by atoms with E-state index < -0.39 is 0 Å². The Morgan fingerprint density at radius 2 is 1.93 bits per heavy atom. The molecule has 1 atom stereocenters. The predicted octanol–water partition coefficient (Wildman–Crippen LogP) is 2.59. The molecule has 2 aromatic heterocycles. The van der Waals surface area contributed by atoms with Gasteiger partial charge in [-0.1, -0.05) is 6.07 Å². The molecule has 3 aromatic rings. The molecule has 0 radical (unpaired) electrons. The van der Waals surface area contributed by atoms with Gasteiger partial charge in [0.15, 0.2) is 0 Å². The maximum atomic E-state index is 12.4. The Hall–Kier alpha value is -3.48. The van der Waals surface area contributed by atoms with E-state index in [4.69, 9.17) is 0 Å². The maximum absolute atomic E-state index is 12.4. The number of benzene rings is 1. The van der Waals surface area contributed by atoms with Gasteiger partial charge in [-0.15, -0.1) is 0 Å². The number of pyridine rings is 1. The Morgan fingerprint density at radius 3 is 2.59 bits per heavy atom. The van der Waals surface area contributed by atoms with Crippen molar-refractivity contribution in [3.8, 4) is 5.69 Å². The first-order chi connectivity index (χ1) is 13.0. The number of hydrogen-bond acceptors (Lipinski definition) is 4. The van der Waals surface area contributed by atoms with Gasteiger partial charge in [0.05, 0.1) is 23.8 Å². The summed E-state index contributed by atoms with van der Waals surface area (Å²) >= 11 is 0. The summed E-state index contributed by atoms with van der Waals surface area (Å²) in [6, 6.07) is 12.8. The van der Waals surface area contributed by atoms with Crippen LogP contribution in [0.4, 0.5) is 5.69 Å². The van der Waals surface area contributed by atoms with E-state index in [0.29, 0.717) is 17.7 Å². The monoisotopic (exact) mass is 363 g/mol. The molecule has 0 aliphatic heterocycles. The largest absolute Gasteiger partial charge is 0.349 e. The van der Waals surface area contributed by atoms with Gasteiger partial charge in [-0.2, -0.15) is 5.10 Å². The van der Waals surface area contributed by atoms with E-state index >= 15 is 0 Å². The number of hydrogen-bond donors (Lipinski definition) is 2. The second kappa shape index (κ2) is 8.27. The summed E-state index contributed by atoms with van der Waals surface area (Å²) in [6.07, 6.45) is 5.70. The summed E-state index contributed by atoms with van der Waals surface area (Å²) in [5, 5.41) is 9.86. The van der Waals surface area contributed by atoms with Crippen molar-refractivity contribution in [2.24, 2.45) is 0 Å². The first kappa shape index (κ1) is 18.3. The fourth-order valence-electron chi connectivity index (χ4n) is 2.69. The number of aromatic nitrogens is 3. The van der Waals surface area contributed by atoms with Crippen LogP contribution in [0.1, 0.15) is 29.9 Å². The van der Waals surface area contributed by atoms with Gasteiger partial charge in [0, 0.05) is 36.8 Å². The number of nitrogens with zero attached hydrogens (tertiary/aromatic N) is 3. The van der Waals surface area contributed by atoms with Crippen LogP contribution in [0.25, 0.3) is 5.69 Å². The molecular weight excluding hydrogens is 342 g/mol. The predicted molar refractivity (Wildman–Crippen MR) is 103 cm³/mol. The average Bonchev–Trinajstić information content (AvgIpc) is 3.10. The highest BCUT2D eigenvalue weighted by molar-refractivity contribution is 5.94. The number of carbonyl (C=O) groups excluding carboxylic acids is 2. The van der Waals surface area contributed by atoms with Gasteiger partial charge >= 0.3 is 0 Å². The van der Waals surface area contributed by atoms with Gasteiger partial charge in [0.25, 0.3) is 5.91 Å². The fourth-order valence-corrected chi connectivity index (χ4v) is 2.69. The maximum Gasteiger partial charge on any atom is 0.251 e. The normalized spacial score (nSPS) is 11.6. The van der Waals surface area contributed by atoms with Crippen molar-refractivity contribution < 1.29 is 9.59 Å². The van der Waals surface area contributed by atoms with Crippen LogP contribution in [0, 0.1) is 0 Å². The van der Waals surface area contributed by atoms with Crippen molar-refractivity contribution >= 4 is 17.5 Å². The Labute approximate surface area is 157 Å². The zero-order valence-electron chi connectivity index (χ0n) is 15.2. The third-order valence-electron chi connectivity index (χ3n) is 3.92. The minimum Gasteiger partial charge on any atom is -0.349 e. The summed E-state index contributed by atoms with van der Waals surface area (Å²) in [5.74, 6) is -0.286. The van der Waals surface area contributed by atoms with Gasteiger partial charge in [-0.05, 0) is 43.3 Å². The highest BCUT2D eigenvalue weighted by Crippen LogP contribution is 2.13. The third kappa shape index (κ3) is 5.01. The van der Waals surface area contributed by atoms with E-state index in [1.54, 1.807) is 35.4 Å². The van der Waals surface area contributed by atoms with Crippen LogP contribution in [-0.2, 0) is 11.2 Å². The quantitative estimate of drug-likeness (QED) is 0.704. The molecule has 0 bridgehead atoms. The lowest BCUT2D eigenvalue weighted by Gasteiger charge is -2.13. The van der Waals surface area contributed by atoms with Crippen molar-refractivity contribution in [1.29, 1.82) is 0 Å². The second-order valence-electron chi connectivity index (χ2n) is 6.30. The van der Waals surface area contributed by atoms with E-state index in [9.17, 15) is 9.59 Å². The molecule has 0 fully saturated rings. The average molecular weight is 363 g/mol. The van der Waals surface area contributed by atoms with Crippen LogP contribution in [-0.4, -0.2) is 32.6 Å². The van der Waals surface area contributed by atoms with Gasteiger partial charge in [-0.3, -0.25) is 14.6 Å². The molecule has 0 aliphatic rings. The first-order valence-electron chi connectivity index (χ1n) is 8.65. The molecule has 1 aromatic carbocycles. The second-order valence-corrected chi connectivity index (χ2v) is 6.30. The molecule has 0 saturated heterocycles. The molecule has 2 heterocycles. The minimum atomic E-state index is -0.151. The summed E-state index contributed by atoms with van der Waals surface area (Å²) in [4.78, 5) is 27.8. The lowest BCUT2D eigenvalue weighted by Crippen LogP contribution is -2.34. The smallest absolute Gasteiger partial charge is 0.251 e. The molecular formula is C20H21N5O2. The van der Waals surface area contributed by atoms with Crippen LogP contribution in [0.15, 0.2) is 61.1 Å². The molecule has 0 spiro atoms. The summed E-state index contributed by atoms with van der Waals surface area (Å²) < 4.78 is 1.64. The molecule has 7 heteroatoms. The standard InChI is InChI=1S/C20H21N5O2/c1-14(11-17-5-3-4-10-21-17)23-20(27)16-6-8-19(9-7-16)25-13-18(12-22-25)24-15(2)26/h3-10,12-14H,11H2,1-2H3,(H,23,27)(H,24,26). The van der Waals surface area contributed by atoms with Gasteiger partial charge in [0.1, 0.15) is 0 Å². The molecule has 2 N–H and O–H groups in total. The lowest BCUT2D eigenvalue weighted by atomic mass is 10.1. The van der Waals surface area contributed by atoms with Crippen molar-refractivity contribution in [3.05, 3.63) is 72.3 Å². The van der Waals surface area contributed by atoms with E-state index in [1.165, 1.54) is 6.92 Å². The number of nitrogens with one attached hydrogen (secondary N) is 2. The zero-order valence-corrected chi connectivity index (χ0v) is 15.2. The van der Waals surface area contributed by atoms with Gasteiger partial charge in [-0.25, -0.2) is 4.68 Å². The highest BCUT2D eigenvalue weighted by atomic mass is 16.2. The third-order valence-corrected chi connectivity index (χ3v) is 3.92. The molecule has 7 nitrogen and oxygen atoms in total. The molecule has 0 aliphatic carbocycles. The zero-order chi connectivity index (χ0) is 19.2. The van der Waals surface area contributed by atoms with Crippen molar-refractivity contribution in [1.82, 2.24) is 20.1 Å². The lowest BCUT2D eigenvalue weighted by molar-refractivity contribution is -0.114. The van der Waals surface area contributed by atoms with Gasteiger partial charge < -0.3 is 10.6 Å². The van der Waals surface area contributed by atoms with Crippen LogP contribution in [0.5, 0.6) is 0 Å². The minimum absolute atomic E-state index is 0.0293. The highest BCUT2D eigenvalue weighted by Gasteiger charge is 2.11. The van der Waals surface area contributed by atoms with E-state index in [-0.39, 0.29) is 17.9 Å². The van der Waals surface area contributed by atoms with Crippen LogP contribution in [0.2, 0.25) is 0 Å². The number of anilines is 1. The Bertz CT molecular complexity index is 919. The molecule has 27 heavy (non-hydrogen) atoms. The molecule has 138 valence electrons. The Balaban J connectivity index is 1.61. The van der Waals surface area contributed by atoms with E-state index in [0.717, 1.165) is 11.4 Å². The van der Waals surface area contributed by atoms with Crippen LogP contribution in [0.3, 0.4) is 0 Å². The Morgan fingerprint density at radius 1 is 1.15 bits per heavy atom. The van der Waals surface area contributed by atoms with Gasteiger partial charge in [0.2, 0.25) is 5.91 Å². The van der Waals surface area contributed by atoms with E-state index in [1.807, 2.05) is 37.3 Å². The first-order valence-corrected chi connectivity index (χ1v) is 8.65. The number of rotatable bonds is 6. The molecule has 3 rings (SSSR count). The summed E-state index contributed by atoms with van der Waals surface area (Å²) in [5.41, 5.74) is 2.92. The van der Waals surface area contributed by atoms with Crippen LogP contribution >= 0.6 is 0 Å². The fraction of sp³-hybridized carbons (Fsp3) is 0.200. The molecule has 0 saturated carbocycles. The summed E-state index contributed by atoms with van der Waals surface area (Å²) in [7, 11) is 0. The number of carbonyl (C=O) groups is 2. The van der Waals surface area contributed by atoms with Crippen molar-refractivity contribution in [2.45, 2.75) is 26.3 Å². The molecule has 1 unspecified atom stereocenters. The number of amides is 2. The SMILES string of the molecule is CC(=O)Nc1cnn(-c2ccc(C(=O)NC(C)Cc3ccccn3)cc2)c1. The summed E-state index contributed by atoms with van der Waals surface area (Å²) in [6.45, 7) is 3.40. The Kier molecular flexibility index (Phi) is 5.61. The topological polar surface area (TPSA) is 88.9 Å².